The number of ketones is 1. The predicted molar refractivity (Wildman–Crippen MR) is 124 cm³/mol. The van der Waals surface area contributed by atoms with Crippen molar-refractivity contribution in [2.45, 2.75) is 25.9 Å². The molecule has 6 heteroatoms. The number of hydroxylamine groups is 1. The van der Waals surface area contributed by atoms with Gasteiger partial charge < -0.3 is 4.90 Å². The van der Waals surface area contributed by atoms with Crippen LogP contribution >= 0.6 is 0 Å². The molecule has 6 nitrogen and oxygen atoms in total. The van der Waals surface area contributed by atoms with Crippen LogP contribution in [0.1, 0.15) is 35.3 Å². The number of likely N-dealkylation sites (N-methyl/N-ethyl adjacent to an activating group) is 1. The van der Waals surface area contributed by atoms with E-state index in [0.717, 1.165) is 29.9 Å². The molecular formula is C25H29N3O3. The minimum atomic E-state index is -0.597. The molecule has 162 valence electrons. The largest absolute Gasteiger partial charge is 0.368 e. The molecule has 2 aromatic carbocycles. The summed E-state index contributed by atoms with van der Waals surface area (Å²) in [6, 6.07) is 16.1. The van der Waals surface area contributed by atoms with E-state index in [0.29, 0.717) is 17.6 Å². The molecule has 2 atom stereocenters. The van der Waals surface area contributed by atoms with Crippen LogP contribution in [0.5, 0.6) is 0 Å². The predicted octanol–water partition coefficient (Wildman–Crippen LogP) is 3.63. The highest BCUT2D eigenvalue weighted by Gasteiger charge is 2.26. The van der Waals surface area contributed by atoms with Gasteiger partial charge in [-0.1, -0.05) is 36.4 Å². The van der Waals surface area contributed by atoms with Crippen LogP contribution in [-0.4, -0.2) is 54.0 Å². The van der Waals surface area contributed by atoms with Crippen molar-refractivity contribution in [3.63, 3.8) is 0 Å². The first-order chi connectivity index (χ1) is 14.9. The number of hydrogen-bond acceptors (Lipinski definition) is 5. The first-order valence-electron chi connectivity index (χ1n) is 10.4. The van der Waals surface area contributed by atoms with Gasteiger partial charge in [0.2, 0.25) is 0 Å². The van der Waals surface area contributed by atoms with E-state index in [1.165, 1.54) is 6.08 Å². The first kappa shape index (κ1) is 22.5. The summed E-state index contributed by atoms with van der Waals surface area (Å²) >= 11 is 0. The summed E-state index contributed by atoms with van der Waals surface area (Å²) in [6.07, 6.45) is 6.15. The maximum atomic E-state index is 12.8. The molecule has 1 aliphatic heterocycles. The van der Waals surface area contributed by atoms with Gasteiger partial charge in [0.15, 0.2) is 5.78 Å². The second-order valence-corrected chi connectivity index (χ2v) is 8.00. The molecule has 2 N–H and O–H groups in total. The van der Waals surface area contributed by atoms with Crippen molar-refractivity contribution in [3.05, 3.63) is 77.4 Å². The summed E-state index contributed by atoms with van der Waals surface area (Å²) in [6.45, 7) is 6.31. The van der Waals surface area contributed by atoms with Gasteiger partial charge in [0.1, 0.15) is 0 Å². The third kappa shape index (κ3) is 5.90. The fourth-order valence-electron chi connectivity index (χ4n) is 3.71. The zero-order chi connectivity index (χ0) is 22.4. The van der Waals surface area contributed by atoms with Crippen LogP contribution in [0, 0.1) is 0 Å². The lowest BCUT2D eigenvalue weighted by Gasteiger charge is -2.43. The summed E-state index contributed by atoms with van der Waals surface area (Å²) in [7, 11) is 2.16. The van der Waals surface area contributed by atoms with Crippen molar-refractivity contribution in [2.75, 3.05) is 25.0 Å². The van der Waals surface area contributed by atoms with Crippen LogP contribution in [-0.2, 0) is 4.79 Å². The Labute approximate surface area is 183 Å². The third-order valence-corrected chi connectivity index (χ3v) is 5.73. The van der Waals surface area contributed by atoms with E-state index in [2.05, 4.69) is 36.8 Å². The van der Waals surface area contributed by atoms with E-state index in [-0.39, 0.29) is 5.78 Å². The number of hydrogen-bond donors (Lipinski definition) is 2. The van der Waals surface area contributed by atoms with Crippen LogP contribution in [0.4, 0.5) is 5.69 Å². The molecule has 0 unspecified atom stereocenters. The number of nitrogens with one attached hydrogen (secondary N) is 1. The summed E-state index contributed by atoms with van der Waals surface area (Å²) in [5.41, 5.74) is 4.91. The van der Waals surface area contributed by atoms with Gasteiger partial charge in [0.25, 0.3) is 5.91 Å². The second-order valence-electron chi connectivity index (χ2n) is 8.00. The Balaban J connectivity index is 1.71. The Morgan fingerprint density at radius 2 is 1.58 bits per heavy atom. The number of benzene rings is 2. The number of carbonyl (C=O) groups is 2. The SMILES string of the molecule is C[C@@H]1CN(c2cccc(C(=O)C=Cc3cccc(C=CC(=O)NO)c3)c2)C[C@H](C)N1C. The average molecular weight is 420 g/mol. The highest BCUT2D eigenvalue weighted by atomic mass is 16.5. The van der Waals surface area contributed by atoms with Gasteiger partial charge >= 0.3 is 0 Å². The zero-order valence-electron chi connectivity index (χ0n) is 18.2. The highest BCUT2D eigenvalue weighted by Crippen LogP contribution is 2.23. The zero-order valence-corrected chi connectivity index (χ0v) is 18.2. The number of rotatable bonds is 6. The Hall–Kier alpha value is -3.22. The second kappa shape index (κ2) is 10.2. The summed E-state index contributed by atoms with van der Waals surface area (Å²) in [5.74, 6) is -0.655. The molecule has 0 saturated carbocycles. The quantitative estimate of drug-likeness (QED) is 0.324. The Kier molecular flexibility index (Phi) is 7.39. The lowest BCUT2D eigenvalue weighted by atomic mass is 10.0. The Bertz CT molecular complexity index is 987. The molecule has 1 heterocycles. The smallest absolute Gasteiger partial charge is 0.267 e. The third-order valence-electron chi connectivity index (χ3n) is 5.73. The summed E-state index contributed by atoms with van der Waals surface area (Å²) < 4.78 is 0. The van der Waals surface area contributed by atoms with E-state index in [1.54, 1.807) is 23.7 Å². The minimum absolute atomic E-state index is 0.0577. The molecule has 0 aromatic heterocycles. The summed E-state index contributed by atoms with van der Waals surface area (Å²) in [4.78, 5) is 28.6. The van der Waals surface area contributed by atoms with Crippen molar-refractivity contribution in [1.82, 2.24) is 10.4 Å². The number of nitrogens with zero attached hydrogens (tertiary/aromatic N) is 2. The molecule has 3 rings (SSSR count). The lowest BCUT2D eigenvalue weighted by Crippen LogP contribution is -2.55. The first-order valence-corrected chi connectivity index (χ1v) is 10.4. The highest BCUT2D eigenvalue weighted by molar-refractivity contribution is 6.07. The van der Waals surface area contributed by atoms with E-state index in [1.807, 2.05) is 42.5 Å². The molecule has 0 aliphatic carbocycles. The van der Waals surface area contributed by atoms with E-state index < -0.39 is 5.91 Å². The molecule has 2 aromatic rings. The van der Waals surface area contributed by atoms with Gasteiger partial charge in [0.05, 0.1) is 0 Å². The van der Waals surface area contributed by atoms with Crippen LogP contribution in [0.15, 0.2) is 60.7 Å². The van der Waals surface area contributed by atoms with Gasteiger partial charge in [-0.15, -0.1) is 0 Å². The maximum Gasteiger partial charge on any atom is 0.267 e. The molecule has 1 saturated heterocycles. The van der Waals surface area contributed by atoms with Gasteiger partial charge in [-0.25, -0.2) is 5.48 Å². The van der Waals surface area contributed by atoms with Crippen molar-refractivity contribution in [2.24, 2.45) is 0 Å². The fourth-order valence-corrected chi connectivity index (χ4v) is 3.71. The monoisotopic (exact) mass is 419 g/mol. The number of amides is 1. The minimum Gasteiger partial charge on any atom is -0.368 e. The van der Waals surface area contributed by atoms with E-state index in [4.69, 9.17) is 5.21 Å². The van der Waals surface area contributed by atoms with Crippen molar-refractivity contribution in [3.8, 4) is 0 Å². The lowest BCUT2D eigenvalue weighted by molar-refractivity contribution is -0.124. The van der Waals surface area contributed by atoms with E-state index in [9.17, 15) is 9.59 Å². The molecular weight excluding hydrogens is 390 g/mol. The van der Waals surface area contributed by atoms with Crippen LogP contribution in [0.2, 0.25) is 0 Å². The van der Waals surface area contributed by atoms with Crippen LogP contribution in [0.3, 0.4) is 0 Å². The Morgan fingerprint density at radius 1 is 0.968 bits per heavy atom. The van der Waals surface area contributed by atoms with Crippen molar-refractivity contribution >= 4 is 29.5 Å². The molecule has 1 aliphatic rings. The molecule has 0 spiro atoms. The van der Waals surface area contributed by atoms with Crippen LogP contribution in [0.25, 0.3) is 12.2 Å². The number of carbonyl (C=O) groups excluding carboxylic acids is 2. The van der Waals surface area contributed by atoms with Gasteiger partial charge in [-0.2, -0.15) is 0 Å². The van der Waals surface area contributed by atoms with Crippen molar-refractivity contribution < 1.29 is 14.8 Å². The standard InChI is InChI=1S/C25H29N3O3/c1-18-16-28(17-19(2)27(18)3)23-9-5-8-22(15-23)24(29)12-10-20-6-4-7-21(14-20)11-13-25(30)26-31/h4-15,18-19,31H,16-17H2,1-3H3,(H,26,30)/t18-,19+. The van der Waals surface area contributed by atoms with E-state index >= 15 is 0 Å². The normalized spacial score (nSPS) is 19.8. The number of anilines is 1. The molecule has 1 fully saturated rings. The number of allylic oxidation sites excluding steroid dienone is 1. The molecule has 31 heavy (non-hydrogen) atoms. The van der Waals surface area contributed by atoms with Crippen LogP contribution < -0.4 is 10.4 Å². The van der Waals surface area contributed by atoms with Gasteiger partial charge in [0, 0.05) is 42.5 Å². The molecule has 1 amide bonds. The molecule has 0 radical (unpaired) electrons. The molecule has 0 bridgehead atoms. The maximum absolute atomic E-state index is 12.8. The van der Waals surface area contributed by atoms with Gasteiger partial charge in [-0.3, -0.25) is 19.7 Å². The number of piperazine rings is 1. The van der Waals surface area contributed by atoms with Crippen molar-refractivity contribution in [1.29, 1.82) is 0 Å². The fraction of sp³-hybridized carbons (Fsp3) is 0.280. The Morgan fingerprint density at radius 3 is 2.23 bits per heavy atom. The average Bonchev–Trinajstić information content (AvgIpc) is 2.79. The summed E-state index contributed by atoms with van der Waals surface area (Å²) in [5, 5.41) is 8.56. The van der Waals surface area contributed by atoms with Gasteiger partial charge in [-0.05, 0) is 62.4 Å². The topological polar surface area (TPSA) is 72.9 Å².